The summed E-state index contributed by atoms with van der Waals surface area (Å²) in [4.78, 5) is 26.3. The van der Waals surface area contributed by atoms with E-state index < -0.39 is 5.97 Å². The Morgan fingerprint density at radius 3 is 2.80 bits per heavy atom. The van der Waals surface area contributed by atoms with Crippen LogP contribution in [0.1, 0.15) is 45.8 Å². The number of carbonyl (C=O) groups is 2. The Bertz CT molecular complexity index is 708. The molecule has 136 valence electrons. The molecule has 1 aromatic heterocycles. The van der Waals surface area contributed by atoms with Crippen molar-refractivity contribution in [2.75, 3.05) is 13.2 Å². The lowest BCUT2D eigenvalue weighted by Gasteiger charge is -2.39. The van der Waals surface area contributed by atoms with Gasteiger partial charge in [-0.25, -0.2) is 4.79 Å². The Kier molecular flexibility index (Phi) is 5.01. The van der Waals surface area contributed by atoms with Crippen molar-refractivity contribution in [3.8, 4) is 0 Å². The summed E-state index contributed by atoms with van der Waals surface area (Å²) in [5, 5.41) is 0. The molecule has 0 radical (unpaired) electrons. The largest absolute Gasteiger partial charge is 0.452 e. The van der Waals surface area contributed by atoms with Crippen LogP contribution in [0, 0.1) is 14.6 Å². The van der Waals surface area contributed by atoms with Gasteiger partial charge in [-0.3, -0.25) is 4.79 Å². The molecule has 6 heteroatoms. The van der Waals surface area contributed by atoms with Gasteiger partial charge in [0.25, 0.3) is 5.91 Å². The summed E-state index contributed by atoms with van der Waals surface area (Å²) in [5.41, 5.74) is 0.440. The van der Waals surface area contributed by atoms with Crippen molar-refractivity contribution in [3.05, 3.63) is 27.7 Å². The van der Waals surface area contributed by atoms with Crippen LogP contribution in [0.15, 0.2) is 22.6 Å². The number of nitrogens with zero attached hydrogens (tertiary/aromatic N) is 1. The number of hydrogen-bond acceptors (Lipinski definition) is 4. The summed E-state index contributed by atoms with van der Waals surface area (Å²) in [6.07, 6.45) is 6.02. The number of ether oxygens (including phenoxy) is 1. The molecule has 1 aliphatic carbocycles. The lowest BCUT2D eigenvalue weighted by molar-refractivity contribution is -0.148. The summed E-state index contributed by atoms with van der Waals surface area (Å²) in [7, 11) is 0. The van der Waals surface area contributed by atoms with Gasteiger partial charge in [-0.1, -0.05) is 20.8 Å². The monoisotopic (exact) mass is 457 g/mol. The molecule has 0 unspecified atom stereocenters. The van der Waals surface area contributed by atoms with Crippen molar-refractivity contribution in [2.45, 2.75) is 46.1 Å². The third-order valence-electron chi connectivity index (χ3n) is 5.05. The number of fused-ring (bicyclic) bond motifs is 2. The zero-order chi connectivity index (χ0) is 18.2. The van der Waals surface area contributed by atoms with Crippen molar-refractivity contribution in [2.24, 2.45) is 10.8 Å². The van der Waals surface area contributed by atoms with E-state index in [0.717, 1.165) is 29.6 Å². The molecule has 1 aromatic rings. The molecule has 0 aromatic carbocycles. The first kappa shape index (κ1) is 18.5. The highest BCUT2D eigenvalue weighted by atomic mass is 127. The predicted molar refractivity (Wildman–Crippen MR) is 103 cm³/mol. The number of likely N-dealkylation sites (tertiary alicyclic amines) is 1. The van der Waals surface area contributed by atoms with E-state index in [9.17, 15) is 9.59 Å². The minimum absolute atomic E-state index is 0.0966. The van der Waals surface area contributed by atoms with Gasteiger partial charge in [-0.15, -0.1) is 0 Å². The van der Waals surface area contributed by atoms with Crippen molar-refractivity contribution in [1.82, 2.24) is 4.90 Å². The Hall–Kier alpha value is -1.31. The maximum Gasteiger partial charge on any atom is 0.331 e. The van der Waals surface area contributed by atoms with Crippen LogP contribution in [0.25, 0.3) is 6.08 Å². The summed E-state index contributed by atoms with van der Waals surface area (Å²) < 4.78 is 11.2. The van der Waals surface area contributed by atoms with E-state index in [1.165, 1.54) is 6.08 Å². The van der Waals surface area contributed by atoms with Crippen molar-refractivity contribution >= 4 is 40.5 Å². The lowest BCUT2D eigenvalue weighted by atomic mass is 9.65. The number of furan rings is 1. The van der Waals surface area contributed by atoms with Gasteiger partial charge in [0.15, 0.2) is 10.4 Å². The van der Waals surface area contributed by atoms with Gasteiger partial charge in [0.05, 0.1) is 0 Å². The molecule has 1 saturated heterocycles. The zero-order valence-corrected chi connectivity index (χ0v) is 17.0. The highest BCUT2D eigenvalue weighted by molar-refractivity contribution is 14.1. The second-order valence-corrected chi connectivity index (χ2v) is 9.38. The maximum absolute atomic E-state index is 12.5. The lowest BCUT2D eigenvalue weighted by Crippen LogP contribution is -2.39. The van der Waals surface area contributed by atoms with Gasteiger partial charge >= 0.3 is 5.97 Å². The Morgan fingerprint density at radius 1 is 1.36 bits per heavy atom. The number of hydrogen-bond donors (Lipinski definition) is 0. The minimum Gasteiger partial charge on any atom is -0.452 e. The van der Waals surface area contributed by atoms with E-state index in [1.54, 1.807) is 12.1 Å². The van der Waals surface area contributed by atoms with Crippen LogP contribution in [0.2, 0.25) is 0 Å². The molecule has 2 atom stereocenters. The van der Waals surface area contributed by atoms with Crippen molar-refractivity contribution < 1.29 is 18.7 Å². The molecular formula is C19H24INO4. The van der Waals surface area contributed by atoms with Crippen LogP contribution in [0.4, 0.5) is 0 Å². The molecular weight excluding hydrogens is 433 g/mol. The Labute approximate surface area is 161 Å². The summed E-state index contributed by atoms with van der Waals surface area (Å²) >= 11 is 2.05. The van der Waals surface area contributed by atoms with E-state index in [-0.39, 0.29) is 29.4 Å². The third kappa shape index (κ3) is 4.46. The second kappa shape index (κ2) is 6.78. The number of carbonyl (C=O) groups excluding carboxylic acids is 2. The number of halogens is 1. The first-order valence-corrected chi connectivity index (χ1v) is 9.63. The first-order valence-electron chi connectivity index (χ1n) is 8.56. The molecule has 5 nitrogen and oxygen atoms in total. The molecule has 1 amide bonds. The van der Waals surface area contributed by atoms with E-state index in [0.29, 0.717) is 5.76 Å². The standard InChI is InChI=1S/C19H24INO4/c1-18(2)8-13-9-19(3,11-18)12-21(13)16(22)10-24-17(23)7-5-14-4-6-15(20)25-14/h4-7,13H,8-12H2,1-3H3/b7-5+/t13-,19-/m0/s1. The summed E-state index contributed by atoms with van der Waals surface area (Å²) in [6, 6.07) is 3.84. The van der Waals surface area contributed by atoms with E-state index in [4.69, 9.17) is 9.15 Å². The quantitative estimate of drug-likeness (QED) is 0.392. The molecule has 0 spiro atoms. The number of rotatable bonds is 4. The Balaban J connectivity index is 1.53. The average Bonchev–Trinajstić information content (AvgIpc) is 3.02. The van der Waals surface area contributed by atoms with Gasteiger partial charge in [0.1, 0.15) is 5.76 Å². The smallest absolute Gasteiger partial charge is 0.331 e. The average molecular weight is 457 g/mol. The van der Waals surface area contributed by atoms with Crippen molar-refractivity contribution in [1.29, 1.82) is 0 Å². The normalized spacial score (nSPS) is 27.7. The summed E-state index contributed by atoms with van der Waals surface area (Å²) in [6.45, 7) is 7.36. The molecule has 2 aliphatic rings. The molecule has 3 rings (SSSR count). The second-order valence-electron chi connectivity index (χ2n) is 8.32. The molecule has 0 N–H and O–H groups in total. The highest BCUT2D eigenvalue weighted by Gasteiger charge is 2.50. The first-order chi connectivity index (χ1) is 11.7. The molecule has 1 aliphatic heterocycles. The Morgan fingerprint density at radius 2 is 2.12 bits per heavy atom. The van der Waals surface area contributed by atoms with Gasteiger partial charge in [0.2, 0.25) is 0 Å². The van der Waals surface area contributed by atoms with Crippen molar-refractivity contribution in [3.63, 3.8) is 0 Å². The van der Waals surface area contributed by atoms with Crippen LogP contribution >= 0.6 is 22.6 Å². The fourth-order valence-corrected chi connectivity index (χ4v) is 5.02. The molecule has 2 fully saturated rings. The fourth-order valence-electron chi connectivity index (χ4n) is 4.58. The molecule has 1 saturated carbocycles. The van der Waals surface area contributed by atoms with Gasteiger partial charge < -0.3 is 14.1 Å². The fraction of sp³-hybridized carbons (Fsp3) is 0.579. The van der Waals surface area contributed by atoms with Crippen LogP contribution in [-0.2, 0) is 14.3 Å². The molecule has 2 heterocycles. The van der Waals surface area contributed by atoms with Crippen LogP contribution in [0.5, 0.6) is 0 Å². The van der Waals surface area contributed by atoms with Crippen LogP contribution < -0.4 is 0 Å². The number of esters is 1. The summed E-state index contributed by atoms with van der Waals surface area (Å²) in [5.74, 6) is -0.0506. The molecule has 25 heavy (non-hydrogen) atoms. The van der Waals surface area contributed by atoms with E-state index in [2.05, 4.69) is 43.4 Å². The van der Waals surface area contributed by atoms with E-state index >= 15 is 0 Å². The topological polar surface area (TPSA) is 59.8 Å². The minimum atomic E-state index is -0.534. The van der Waals surface area contributed by atoms with Crippen LogP contribution in [0.3, 0.4) is 0 Å². The molecule has 2 bridgehead atoms. The van der Waals surface area contributed by atoms with Gasteiger partial charge in [0, 0.05) is 18.7 Å². The van der Waals surface area contributed by atoms with Crippen LogP contribution in [-0.4, -0.2) is 36.0 Å². The number of amides is 1. The third-order valence-corrected chi connectivity index (χ3v) is 5.63. The SMILES string of the molecule is CC1(C)C[C@H]2C[C@](C)(CN2C(=O)COC(=O)/C=C/c2ccc(I)o2)C1. The highest BCUT2D eigenvalue weighted by Crippen LogP contribution is 2.52. The van der Waals surface area contributed by atoms with E-state index in [1.807, 2.05) is 11.0 Å². The van der Waals surface area contributed by atoms with Gasteiger partial charge in [-0.2, -0.15) is 0 Å². The predicted octanol–water partition coefficient (Wildman–Crippen LogP) is 3.87. The van der Waals surface area contributed by atoms with Gasteiger partial charge in [-0.05, 0) is 70.9 Å². The maximum atomic E-state index is 12.5. The zero-order valence-electron chi connectivity index (χ0n) is 14.9.